The van der Waals surface area contributed by atoms with Crippen molar-refractivity contribution in [3.63, 3.8) is 0 Å². The van der Waals surface area contributed by atoms with Gasteiger partial charge < -0.3 is 5.11 Å². The average Bonchev–Trinajstić information content (AvgIpc) is 2.47. The van der Waals surface area contributed by atoms with Crippen LogP contribution < -0.4 is 0 Å². The van der Waals surface area contributed by atoms with Gasteiger partial charge in [-0.2, -0.15) is 0 Å². The topological polar surface area (TPSA) is 23.5 Å². The van der Waals surface area contributed by atoms with Crippen molar-refractivity contribution in [2.24, 2.45) is 0 Å². The second-order valence-corrected chi connectivity index (χ2v) is 6.23. The highest BCUT2D eigenvalue weighted by atomic mass is 16.3. The molecule has 2 heteroatoms. The van der Waals surface area contributed by atoms with Gasteiger partial charge in [0.15, 0.2) is 0 Å². The molecule has 0 spiro atoms. The Hall–Kier alpha value is -1.02. The fourth-order valence-corrected chi connectivity index (χ4v) is 3.45. The number of aryl methyl sites for hydroxylation is 1. The minimum atomic E-state index is 0.362. The van der Waals surface area contributed by atoms with Crippen LogP contribution in [0, 0.1) is 0 Å². The van der Waals surface area contributed by atoms with Gasteiger partial charge in [0.25, 0.3) is 0 Å². The minimum Gasteiger partial charge on any atom is -0.508 e. The summed E-state index contributed by atoms with van der Waals surface area (Å²) >= 11 is 0. The van der Waals surface area contributed by atoms with Gasteiger partial charge in [0.2, 0.25) is 0 Å². The van der Waals surface area contributed by atoms with E-state index in [1.165, 1.54) is 50.6 Å². The number of rotatable bonds is 6. The average molecular weight is 275 g/mol. The van der Waals surface area contributed by atoms with Crippen LogP contribution in [0.2, 0.25) is 0 Å². The predicted octanol–water partition coefficient (Wildman–Crippen LogP) is 4.37. The van der Waals surface area contributed by atoms with Crippen LogP contribution in [0.15, 0.2) is 24.3 Å². The molecule has 2 atom stereocenters. The standard InChI is InChI=1S/C18H29NO/c1-3-6-17-7-4-5-14-19(17)15(2)8-9-16-10-12-18(20)13-11-16/h10-13,15,17,20H,3-9,14H2,1-2H3. The highest BCUT2D eigenvalue weighted by Gasteiger charge is 2.25. The third kappa shape index (κ3) is 4.24. The molecular formula is C18H29NO. The molecule has 0 saturated carbocycles. The molecule has 2 rings (SSSR count). The van der Waals surface area contributed by atoms with Crippen LogP contribution in [0.4, 0.5) is 0 Å². The molecule has 2 unspecified atom stereocenters. The van der Waals surface area contributed by atoms with Crippen molar-refractivity contribution in [1.82, 2.24) is 4.90 Å². The van der Waals surface area contributed by atoms with Gasteiger partial charge in [-0.1, -0.05) is 31.9 Å². The van der Waals surface area contributed by atoms with Crippen LogP contribution in [-0.4, -0.2) is 28.6 Å². The van der Waals surface area contributed by atoms with Crippen molar-refractivity contribution in [2.45, 2.75) is 70.9 Å². The van der Waals surface area contributed by atoms with Gasteiger partial charge in [0, 0.05) is 12.1 Å². The number of aromatic hydroxyl groups is 1. The summed E-state index contributed by atoms with van der Waals surface area (Å²) < 4.78 is 0. The van der Waals surface area contributed by atoms with E-state index in [0.29, 0.717) is 11.8 Å². The van der Waals surface area contributed by atoms with E-state index in [-0.39, 0.29) is 0 Å². The molecule has 0 bridgehead atoms. The van der Waals surface area contributed by atoms with Crippen LogP contribution in [0.5, 0.6) is 5.75 Å². The molecule has 2 nitrogen and oxygen atoms in total. The molecule has 112 valence electrons. The molecule has 1 heterocycles. The Morgan fingerprint density at radius 2 is 2.00 bits per heavy atom. The maximum atomic E-state index is 9.32. The first-order valence-corrected chi connectivity index (χ1v) is 8.24. The summed E-state index contributed by atoms with van der Waals surface area (Å²) in [6, 6.07) is 9.15. The molecule has 0 amide bonds. The SMILES string of the molecule is CCCC1CCCCN1C(C)CCc1ccc(O)cc1. The summed E-state index contributed by atoms with van der Waals surface area (Å²) in [6.07, 6.45) is 9.13. The first-order chi connectivity index (χ1) is 9.70. The zero-order valence-corrected chi connectivity index (χ0v) is 13.0. The largest absolute Gasteiger partial charge is 0.508 e. The number of benzene rings is 1. The van der Waals surface area contributed by atoms with Crippen LogP contribution in [-0.2, 0) is 6.42 Å². The van der Waals surface area contributed by atoms with Gasteiger partial charge in [0.05, 0.1) is 0 Å². The number of nitrogens with zero attached hydrogens (tertiary/aromatic N) is 1. The molecule has 1 aromatic carbocycles. The maximum absolute atomic E-state index is 9.32. The second-order valence-electron chi connectivity index (χ2n) is 6.23. The Kier molecular flexibility index (Phi) is 5.90. The van der Waals surface area contributed by atoms with E-state index in [1.54, 1.807) is 12.1 Å². The van der Waals surface area contributed by atoms with E-state index in [4.69, 9.17) is 0 Å². The van der Waals surface area contributed by atoms with E-state index >= 15 is 0 Å². The number of hydrogen-bond donors (Lipinski definition) is 1. The summed E-state index contributed by atoms with van der Waals surface area (Å²) in [5, 5.41) is 9.32. The van der Waals surface area contributed by atoms with E-state index in [0.717, 1.165) is 12.5 Å². The van der Waals surface area contributed by atoms with Crippen LogP contribution >= 0.6 is 0 Å². The normalized spacial score (nSPS) is 21.8. The fraction of sp³-hybridized carbons (Fsp3) is 0.667. The summed E-state index contributed by atoms with van der Waals surface area (Å²) in [6.45, 7) is 5.96. The number of hydrogen-bond acceptors (Lipinski definition) is 2. The second kappa shape index (κ2) is 7.68. The molecule has 0 aromatic heterocycles. The number of piperidine rings is 1. The van der Waals surface area contributed by atoms with Gasteiger partial charge in [-0.15, -0.1) is 0 Å². The number of likely N-dealkylation sites (tertiary alicyclic amines) is 1. The highest BCUT2D eigenvalue weighted by Crippen LogP contribution is 2.25. The quantitative estimate of drug-likeness (QED) is 0.833. The van der Waals surface area contributed by atoms with Gasteiger partial charge in [0.1, 0.15) is 5.75 Å². The summed E-state index contributed by atoms with van der Waals surface area (Å²) in [5.74, 6) is 0.362. The van der Waals surface area contributed by atoms with E-state index in [1.807, 2.05) is 12.1 Å². The summed E-state index contributed by atoms with van der Waals surface area (Å²) in [7, 11) is 0. The minimum absolute atomic E-state index is 0.362. The van der Waals surface area contributed by atoms with Crippen molar-refractivity contribution in [3.05, 3.63) is 29.8 Å². The lowest BCUT2D eigenvalue weighted by Gasteiger charge is -2.40. The lowest BCUT2D eigenvalue weighted by atomic mass is 9.94. The molecule has 1 N–H and O–H groups in total. The van der Waals surface area contributed by atoms with E-state index in [9.17, 15) is 5.11 Å². The maximum Gasteiger partial charge on any atom is 0.115 e. The lowest BCUT2D eigenvalue weighted by Crippen LogP contribution is -2.45. The zero-order valence-electron chi connectivity index (χ0n) is 13.0. The van der Waals surface area contributed by atoms with Gasteiger partial charge >= 0.3 is 0 Å². The first-order valence-electron chi connectivity index (χ1n) is 8.24. The summed E-state index contributed by atoms with van der Waals surface area (Å²) in [4.78, 5) is 2.74. The Morgan fingerprint density at radius 3 is 2.70 bits per heavy atom. The Balaban J connectivity index is 1.86. The van der Waals surface area contributed by atoms with Crippen molar-refractivity contribution in [3.8, 4) is 5.75 Å². The van der Waals surface area contributed by atoms with E-state index < -0.39 is 0 Å². The Morgan fingerprint density at radius 1 is 1.25 bits per heavy atom. The zero-order chi connectivity index (χ0) is 14.4. The van der Waals surface area contributed by atoms with Crippen LogP contribution in [0.1, 0.15) is 57.9 Å². The van der Waals surface area contributed by atoms with Gasteiger partial charge in [-0.05, 0) is 63.3 Å². The molecule has 0 radical (unpaired) electrons. The van der Waals surface area contributed by atoms with Crippen molar-refractivity contribution >= 4 is 0 Å². The lowest BCUT2D eigenvalue weighted by molar-refractivity contribution is 0.0920. The van der Waals surface area contributed by atoms with Crippen molar-refractivity contribution in [2.75, 3.05) is 6.54 Å². The van der Waals surface area contributed by atoms with Crippen molar-refractivity contribution < 1.29 is 5.11 Å². The first kappa shape index (κ1) is 15.4. The fourth-order valence-electron chi connectivity index (χ4n) is 3.45. The Labute approximate surface area is 123 Å². The number of phenolic OH excluding ortho intramolecular Hbond substituents is 1. The smallest absolute Gasteiger partial charge is 0.115 e. The molecule has 0 aliphatic carbocycles. The Bertz CT molecular complexity index is 385. The molecule has 20 heavy (non-hydrogen) atoms. The van der Waals surface area contributed by atoms with E-state index in [2.05, 4.69) is 18.7 Å². The molecule has 1 saturated heterocycles. The third-order valence-electron chi connectivity index (χ3n) is 4.65. The number of phenols is 1. The monoisotopic (exact) mass is 275 g/mol. The summed E-state index contributed by atoms with van der Waals surface area (Å²) in [5.41, 5.74) is 1.33. The van der Waals surface area contributed by atoms with Crippen LogP contribution in [0.25, 0.3) is 0 Å². The third-order valence-corrected chi connectivity index (χ3v) is 4.65. The molecule has 1 aliphatic rings. The van der Waals surface area contributed by atoms with Crippen molar-refractivity contribution in [1.29, 1.82) is 0 Å². The predicted molar refractivity (Wildman–Crippen MR) is 85.1 cm³/mol. The van der Waals surface area contributed by atoms with Gasteiger partial charge in [-0.3, -0.25) is 4.90 Å². The van der Waals surface area contributed by atoms with Crippen LogP contribution in [0.3, 0.4) is 0 Å². The van der Waals surface area contributed by atoms with Gasteiger partial charge in [-0.25, -0.2) is 0 Å². The molecule has 1 aromatic rings. The molecular weight excluding hydrogens is 246 g/mol. The molecule has 1 aliphatic heterocycles. The highest BCUT2D eigenvalue weighted by molar-refractivity contribution is 5.25. The molecule has 1 fully saturated rings.